The highest BCUT2D eigenvalue weighted by atomic mass is 79.9. The van der Waals surface area contributed by atoms with Crippen molar-refractivity contribution in [3.8, 4) is 0 Å². The fourth-order valence-corrected chi connectivity index (χ4v) is 2.16. The molecule has 1 unspecified atom stereocenters. The van der Waals surface area contributed by atoms with Crippen LogP contribution < -0.4 is 5.32 Å². The first kappa shape index (κ1) is 15.9. The van der Waals surface area contributed by atoms with Crippen LogP contribution in [0.4, 0.5) is 0 Å². The highest BCUT2D eigenvalue weighted by Crippen LogP contribution is 2.21. The van der Waals surface area contributed by atoms with E-state index in [9.17, 15) is 9.59 Å². The molecular formula is C12H13BrClNO4. The minimum Gasteiger partial charge on any atom is -0.480 e. The number of halogens is 2. The Morgan fingerprint density at radius 3 is 2.74 bits per heavy atom. The fraction of sp³-hybridized carbons (Fsp3) is 0.333. The van der Waals surface area contributed by atoms with Gasteiger partial charge in [-0.05, 0) is 18.2 Å². The summed E-state index contributed by atoms with van der Waals surface area (Å²) >= 11 is 9.16. The van der Waals surface area contributed by atoms with Gasteiger partial charge in [0.05, 0.1) is 10.6 Å². The quantitative estimate of drug-likeness (QED) is 0.825. The van der Waals surface area contributed by atoms with Crippen molar-refractivity contribution in [3.05, 3.63) is 33.3 Å². The van der Waals surface area contributed by atoms with E-state index in [1.54, 1.807) is 12.1 Å². The summed E-state index contributed by atoms with van der Waals surface area (Å²) in [5.41, 5.74) is 0.230. The smallest absolute Gasteiger partial charge is 0.326 e. The van der Waals surface area contributed by atoms with Gasteiger partial charge < -0.3 is 15.2 Å². The van der Waals surface area contributed by atoms with Crippen LogP contribution in [0.1, 0.15) is 16.8 Å². The highest BCUT2D eigenvalue weighted by Gasteiger charge is 2.21. The van der Waals surface area contributed by atoms with Crippen LogP contribution in [-0.4, -0.2) is 36.7 Å². The van der Waals surface area contributed by atoms with Crippen LogP contribution in [0.5, 0.6) is 0 Å². The molecule has 1 rings (SSSR count). The molecule has 0 radical (unpaired) electrons. The number of benzene rings is 1. The molecule has 104 valence electrons. The number of carbonyl (C=O) groups excluding carboxylic acids is 1. The van der Waals surface area contributed by atoms with Crippen molar-refractivity contribution < 1.29 is 19.4 Å². The van der Waals surface area contributed by atoms with Gasteiger partial charge >= 0.3 is 5.97 Å². The number of methoxy groups -OCH3 is 1. The zero-order valence-electron chi connectivity index (χ0n) is 10.2. The van der Waals surface area contributed by atoms with Crippen LogP contribution in [0.2, 0.25) is 5.02 Å². The molecule has 1 amide bonds. The third kappa shape index (κ3) is 4.81. The van der Waals surface area contributed by atoms with Crippen LogP contribution in [0.3, 0.4) is 0 Å². The number of carboxylic acids is 1. The summed E-state index contributed by atoms with van der Waals surface area (Å²) in [5, 5.41) is 11.7. The van der Waals surface area contributed by atoms with E-state index in [1.165, 1.54) is 13.2 Å². The van der Waals surface area contributed by atoms with Crippen molar-refractivity contribution in [3.63, 3.8) is 0 Å². The predicted octanol–water partition coefficient (Wildman–Crippen LogP) is 2.32. The third-order valence-corrected chi connectivity index (χ3v) is 3.20. The number of hydrogen-bond acceptors (Lipinski definition) is 3. The third-order valence-electron chi connectivity index (χ3n) is 2.39. The monoisotopic (exact) mass is 349 g/mol. The Hall–Kier alpha value is -1.11. The Morgan fingerprint density at radius 1 is 1.53 bits per heavy atom. The molecule has 1 aromatic carbocycles. The summed E-state index contributed by atoms with van der Waals surface area (Å²) in [6.07, 6.45) is 0.186. The minimum atomic E-state index is -1.11. The van der Waals surface area contributed by atoms with Crippen molar-refractivity contribution in [1.82, 2.24) is 5.32 Å². The summed E-state index contributed by atoms with van der Waals surface area (Å²) in [7, 11) is 1.46. The summed E-state index contributed by atoms with van der Waals surface area (Å²) in [4.78, 5) is 22.9. The molecule has 2 N–H and O–H groups in total. The van der Waals surface area contributed by atoms with Crippen molar-refractivity contribution in [2.75, 3.05) is 13.7 Å². The van der Waals surface area contributed by atoms with Crippen LogP contribution in [0.25, 0.3) is 0 Å². The average Bonchev–Trinajstić information content (AvgIpc) is 2.33. The van der Waals surface area contributed by atoms with Gasteiger partial charge in [0.1, 0.15) is 6.04 Å². The van der Waals surface area contributed by atoms with E-state index < -0.39 is 17.9 Å². The zero-order valence-corrected chi connectivity index (χ0v) is 12.5. The van der Waals surface area contributed by atoms with Crippen molar-refractivity contribution in [2.24, 2.45) is 0 Å². The zero-order chi connectivity index (χ0) is 14.4. The molecule has 19 heavy (non-hydrogen) atoms. The van der Waals surface area contributed by atoms with E-state index in [1.807, 2.05) is 0 Å². The van der Waals surface area contributed by atoms with Gasteiger partial charge in [-0.2, -0.15) is 0 Å². The van der Waals surface area contributed by atoms with Crippen molar-refractivity contribution >= 4 is 39.4 Å². The number of ether oxygens (including phenoxy) is 1. The summed E-state index contributed by atoms with van der Waals surface area (Å²) in [6.45, 7) is 0.241. The molecule has 0 aliphatic rings. The number of nitrogens with one attached hydrogen (secondary N) is 1. The molecule has 0 spiro atoms. The van der Waals surface area contributed by atoms with Gasteiger partial charge in [0.2, 0.25) is 0 Å². The Morgan fingerprint density at radius 2 is 2.21 bits per heavy atom. The van der Waals surface area contributed by atoms with E-state index in [4.69, 9.17) is 21.4 Å². The molecule has 0 saturated heterocycles. The highest BCUT2D eigenvalue weighted by molar-refractivity contribution is 9.10. The maximum Gasteiger partial charge on any atom is 0.326 e. The lowest BCUT2D eigenvalue weighted by Gasteiger charge is -2.14. The lowest BCUT2D eigenvalue weighted by Crippen LogP contribution is -2.41. The molecule has 0 aliphatic heterocycles. The standard InChI is InChI=1S/C12H13BrClNO4/c1-19-5-4-10(12(17)18)15-11(16)8-3-2-7(13)6-9(8)14/h2-3,6,10H,4-5H2,1H3,(H,15,16)(H,17,18). The molecule has 0 saturated carbocycles. The normalized spacial score (nSPS) is 11.9. The summed E-state index contributed by atoms with van der Waals surface area (Å²) in [6, 6.07) is 3.75. The Kier molecular flexibility index (Phi) is 6.27. The van der Waals surface area contributed by atoms with Crippen LogP contribution in [0.15, 0.2) is 22.7 Å². The number of carbonyl (C=O) groups is 2. The molecule has 0 aromatic heterocycles. The molecule has 5 nitrogen and oxygen atoms in total. The van der Waals surface area contributed by atoms with Gasteiger partial charge in [-0.3, -0.25) is 4.79 Å². The lowest BCUT2D eigenvalue weighted by atomic mass is 10.1. The molecule has 0 bridgehead atoms. The van der Waals surface area contributed by atoms with Gasteiger partial charge in [0, 0.05) is 24.6 Å². The van der Waals surface area contributed by atoms with Gasteiger partial charge in [-0.15, -0.1) is 0 Å². The molecule has 7 heteroatoms. The van der Waals surface area contributed by atoms with Crippen molar-refractivity contribution in [1.29, 1.82) is 0 Å². The van der Waals surface area contributed by atoms with Gasteiger partial charge in [-0.25, -0.2) is 4.79 Å². The van der Waals surface area contributed by atoms with E-state index in [-0.39, 0.29) is 23.6 Å². The Bertz CT molecular complexity index is 481. The number of rotatable bonds is 6. The average molecular weight is 351 g/mol. The van der Waals surface area contributed by atoms with Crippen LogP contribution in [0, 0.1) is 0 Å². The first-order valence-corrected chi connectivity index (χ1v) is 6.60. The topological polar surface area (TPSA) is 75.6 Å². The molecular weight excluding hydrogens is 337 g/mol. The van der Waals surface area contributed by atoms with E-state index in [2.05, 4.69) is 21.2 Å². The number of carboxylic acid groups (broad SMARTS) is 1. The minimum absolute atomic E-state index is 0.186. The van der Waals surface area contributed by atoms with E-state index >= 15 is 0 Å². The summed E-state index contributed by atoms with van der Waals surface area (Å²) in [5.74, 6) is -1.64. The van der Waals surface area contributed by atoms with Gasteiger partial charge in [0.15, 0.2) is 0 Å². The maximum atomic E-state index is 11.9. The molecule has 0 aliphatic carbocycles. The second-order valence-electron chi connectivity index (χ2n) is 3.77. The van der Waals surface area contributed by atoms with Crippen LogP contribution in [-0.2, 0) is 9.53 Å². The predicted molar refractivity (Wildman–Crippen MR) is 74.5 cm³/mol. The first-order valence-electron chi connectivity index (χ1n) is 5.43. The fourth-order valence-electron chi connectivity index (χ4n) is 1.40. The maximum absolute atomic E-state index is 11.9. The number of aliphatic carboxylic acids is 1. The molecule has 0 heterocycles. The largest absolute Gasteiger partial charge is 0.480 e. The van der Waals surface area contributed by atoms with Crippen LogP contribution >= 0.6 is 27.5 Å². The first-order chi connectivity index (χ1) is 8.95. The summed E-state index contributed by atoms with van der Waals surface area (Å²) < 4.78 is 5.54. The van der Waals surface area contributed by atoms with Gasteiger partial charge in [0.25, 0.3) is 5.91 Å². The Labute approximate surface area is 124 Å². The SMILES string of the molecule is COCCC(NC(=O)c1ccc(Br)cc1Cl)C(=O)O. The lowest BCUT2D eigenvalue weighted by molar-refractivity contribution is -0.139. The molecule has 1 aromatic rings. The number of hydrogen-bond donors (Lipinski definition) is 2. The second-order valence-corrected chi connectivity index (χ2v) is 5.09. The number of amides is 1. The van der Waals surface area contributed by atoms with Crippen molar-refractivity contribution in [2.45, 2.75) is 12.5 Å². The molecule has 1 atom stereocenters. The Balaban J connectivity index is 2.78. The van der Waals surface area contributed by atoms with E-state index in [0.29, 0.717) is 0 Å². The van der Waals surface area contributed by atoms with E-state index in [0.717, 1.165) is 4.47 Å². The van der Waals surface area contributed by atoms with Gasteiger partial charge in [-0.1, -0.05) is 27.5 Å². The molecule has 0 fully saturated rings. The second kappa shape index (κ2) is 7.47.